The van der Waals surface area contributed by atoms with Crippen LogP contribution in [0.3, 0.4) is 0 Å². The van der Waals surface area contributed by atoms with Crippen LogP contribution in [-0.4, -0.2) is 26.0 Å². The number of aromatic nitrogens is 2. The number of aryl methyl sites for hydroxylation is 1. The zero-order valence-electron chi connectivity index (χ0n) is 12.7. The van der Waals surface area contributed by atoms with Gasteiger partial charge in [-0.1, -0.05) is 42.0 Å². The van der Waals surface area contributed by atoms with Crippen LogP contribution in [-0.2, 0) is 0 Å². The highest BCUT2D eigenvalue weighted by Gasteiger charge is 2.22. The highest BCUT2D eigenvalue weighted by Crippen LogP contribution is 2.31. The summed E-state index contributed by atoms with van der Waals surface area (Å²) < 4.78 is 0. The summed E-state index contributed by atoms with van der Waals surface area (Å²) in [5.41, 5.74) is 1.90. The van der Waals surface area contributed by atoms with Crippen LogP contribution >= 0.6 is 0 Å². The van der Waals surface area contributed by atoms with Crippen molar-refractivity contribution in [1.29, 1.82) is 0 Å². The van der Waals surface area contributed by atoms with Gasteiger partial charge in [-0.3, -0.25) is 10.1 Å². The number of nitro benzene ring substituents is 1. The van der Waals surface area contributed by atoms with Crippen molar-refractivity contribution >= 4 is 11.7 Å². The lowest BCUT2D eigenvalue weighted by atomic mass is 10.1. The molecule has 0 atom stereocenters. The van der Waals surface area contributed by atoms with Gasteiger partial charge in [0.1, 0.15) is 11.5 Å². The Balaban J connectivity index is 2.19. The minimum absolute atomic E-state index is 0.105. The largest absolute Gasteiger partial charge is 0.477 e. The second kappa shape index (κ2) is 5.96. The lowest BCUT2D eigenvalue weighted by Gasteiger charge is -1.99. The van der Waals surface area contributed by atoms with E-state index in [0.717, 1.165) is 5.56 Å². The summed E-state index contributed by atoms with van der Waals surface area (Å²) in [4.78, 5) is 29.2. The Morgan fingerprint density at radius 1 is 1.17 bits per heavy atom. The van der Waals surface area contributed by atoms with Crippen molar-refractivity contribution in [2.75, 3.05) is 0 Å². The van der Waals surface area contributed by atoms with E-state index in [0.29, 0.717) is 5.56 Å². The van der Waals surface area contributed by atoms with Crippen LogP contribution in [0.15, 0.2) is 48.5 Å². The summed E-state index contributed by atoms with van der Waals surface area (Å²) >= 11 is 0. The van der Waals surface area contributed by atoms with Gasteiger partial charge in [0.2, 0.25) is 0 Å². The van der Waals surface area contributed by atoms with Crippen LogP contribution in [0.2, 0.25) is 0 Å². The van der Waals surface area contributed by atoms with Gasteiger partial charge in [-0.05, 0) is 13.0 Å². The molecule has 2 aromatic carbocycles. The molecule has 0 spiro atoms. The number of rotatable bonds is 4. The second-order valence-corrected chi connectivity index (χ2v) is 5.25. The fourth-order valence-corrected chi connectivity index (χ4v) is 2.41. The minimum atomic E-state index is -1.18. The van der Waals surface area contributed by atoms with E-state index in [2.05, 4.69) is 9.97 Å². The number of carboxylic acid groups (broad SMARTS) is 1. The highest BCUT2D eigenvalue weighted by atomic mass is 16.6. The average Bonchev–Trinajstić information content (AvgIpc) is 3.01. The number of hydrogen-bond acceptors (Lipinski definition) is 4. The van der Waals surface area contributed by atoms with Crippen molar-refractivity contribution in [3.63, 3.8) is 0 Å². The maximum absolute atomic E-state index is 11.5. The first-order valence-corrected chi connectivity index (χ1v) is 7.11. The monoisotopic (exact) mass is 323 g/mol. The van der Waals surface area contributed by atoms with Crippen molar-refractivity contribution in [3.05, 3.63) is 69.9 Å². The van der Waals surface area contributed by atoms with Crippen molar-refractivity contribution in [2.45, 2.75) is 6.92 Å². The average molecular weight is 323 g/mol. The van der Waals surface area contributed by atoms with Crippen molar-refractivity contribution in [2.24, 2.45) is 0 Å². The number of carbonyl (C=O) groups is 1. The molecule has 1 heterocycles. The van der Waals surface area contributed by atoms with E-state index >= 15 is 0 Å². The van der Waals surface area contributed by atoms with Gasteiger partial charge in [-0.15, -0.1) is 0 Å². The molecule has 0 amide bonds. The lowest BCUT2D eigenvalue weighted by molar-refractivity contribution is -0.384. The smallest absolute Gasteiger partial charge is 0.354 e. The van der Waals surface area contributed by atoms with Crippen molar-refractivity contribution < 1.29 is 14.8 Å². The van der Waals surface area contributed by atoms with Crippen LogP contribution in [0.4, 0.5) is 5.69 Å². The fourth-order valence-electron chi connectivity index (χ4n) is 2.41. The summed E-state index contributed by atoms with van der Waals surface area (Å²) in [6.45, 7) is 1.92. The van der Waals surface area contributed by atoms with Crippen LogP contribution in [0.5, 0.6) is 0 Å². The number of aromatic amines is 1. The van der Waals surface area contributed by atoms with Gasteiger partial charge in [-0.2, -0.15) is 0 Å². The molecule has 0 fully saturated rings. The highest BCUT2D eigenvalue weighted by molar-refractivity contribution is 5.94. The van der Waals surface area contributed by atoms with Gasteiger partial charge < -0.3 is 10.1 Å². The third kappa shape index (κ3) is 2.74. The molecule has 3 rings (SSSR count). The SMILES string of the molecule is Cc1ccc(-c2nc(-c3ccccc3[N+](=O)[O-])[nH]c2C(=O)O)cc1. The van der Waals surface area contributed by atoms with E-state index in [-0.39, 0.29) is 28.5 Å². The first-order valence-electron chi connectivity index (χ1n) is 7.11. The molecular weight excluding hydrogens is 310 g/mol. The number of nitrogens with one attached hydrogen (secondary N) is 1. The van der Waals surface area contributed by atoms with Gasteiger partial charge in [0, 0.05) is 11.6 Å². The van der Waals surface area contributed by atoms with E-state index in [9.17, 15) is 20.0 Å². The van der Waals surface area contributed by atoms with Crippen molar-refractivity contribution in [3.8, 4) is 22.6 Å². The third-order valence-electron chi connectivity index (χ3n) is 3.60. The summed E-state index contributed by atoms with van der Waals surface area (Å²) in [7, 11) is 0. The first kappa shape index (κ1) is 15.4. The zero-order valence-corrected chi connectivity index (χ0v) is 12.7. The quantitative estimate of drug-likeness (QED) is 0.562. The van der Waals surface area contributed by atoms with Gasteiger partial charge in [0.15, 0.2) is 5.69 Å². The molecular formula is C17H13N3O4. The number of benzene rings is 2. The number of carboxylic acids is 1. The number of aromatic carboxylic acids is 1. The van der Waals surface area contributed by atoms with E-state index in [1.807, 2.05) is 19.1 Å². The van der Waals surface area contributed by atoms with Crippen LogP contribution in [0.1, 0.15) is 16.1 Å². The van der Waals surface area contributed by atoms with Gasteiger partial charge >= 0.3 is 5.97 Å². The number of nitrogens with zero attached hydrogens (tertiary/aromatic N) is 2. The summed E-state index contributed by atoms with van der Waals surface area (Å²) in [5.74, 6) is -1.03. The van der Waals surface area contributed by atoms with E-state index < -0.39 is 10.9 Å². The van der Waals surface area contributed by atoms with Gasteiger partial charge in [0.25, 0.3) is 5.69 Å². The second-order valence-electron chi connectivity index (χ2n) is 5.25. The fraction of sp³-hybridized carbons (Fsp3) is 0.0588. The molecule has 24 heavy (non-hydrogen) atoms. The third-order valence-corrected chi connectivity index (χ3v) is 3.60. The first-order chi connectivity index (χ1) is 11.5. The molecule has 3 aromatic rings. The molecule has 0 saturated carbocycles. The number of imidazole rings is 1. The molecule has 7 nitrogen and oxygen atoms in total. The molecule has 0 bridgehead atoms. The van der Waals surface area contributed by atoms with E-state index in [1.54, 1.807) is 24.3 Å². The Morgan fingerprint density at radius 2 is 1.83 bits per heavy atom. The molecule has 120 valence electrons. The maximum Gasteiger partial charge on any atom is 0.354 e. The van der Waals surface area contributed by atoms with Gasteiger partial charge in [0.05, 0.1) is 10.5 Å². The number of nitro groups is 1. The standard InChI is InChI=1S/C17H13N3O4/c1-10-6-8-11(9-7-10)14-15(17(21)22)19-16(18-14)12-4-2-3-5-13(12)20(23)24/h2-9H,1H3,(H,18,19)(H,21,22). The van der Waals surface area contributed by atoms with Crippen LogP contribution in [0, 0.1) is 17.0 Å². The van der Waals surface area contributed by atoms with E-state index in [1.165, 1.54) is 12.1 Å². The number of para-hydroxylation sites is 1. The summed E-state index contributed by atoms with van der Waals surface area (Å²) in [5, 5.41) is 20.6. The Morgan fingerprint density at radius 3 is 2.46 bits per heavy atom. The molecule has 0 aliphatic heterocycles. The predicted octanol–water partition coefficient (Wildman–Crippen LogP) is 3.66. The molecule has 7 heteroatoms. The summed E-state index contributed by atoms with van der Waals surface area (Å²) in [6, 6.07) is 13.3. The normalized spacial score (nSPS) is 10.5. The van der Waals surface area contributed by atoms with Crippen LogP contribution < -0.4 is 0 Å². The molecule has 2 N–H and O–H groups in total. The Labute approximate surface area is 136 Å². The molecule has 0 unspecified atom stereocenters. The minimum Gasteiger partial charge on any atom is -0.477 e. The Kier molecular flexibility index (Phi) is 3.83. The van der Waals surface area contributed by atoms with E-state index in [4.69, 9.17) is 0 Å². The van der Waals surface area contributed by atoms with Crippen molar-refractivity contribution in [1.82, 2.24) is 9.97 Å². The number of hydrogen-bond donors (Lipinski definition) is 2. The summed E-state index contributed by atoms with van der Waals surface area (Å²) in [6.07, 6.45) is 0. The maximum atomic E-state index is 11.5. The Hall–Kier alpha value is -3.48. The van der Waals surface area contributed by atoms with Crippen LogP contribution in [0.25, 0.3) is 22.6 Å². The molecule has 0 aliphatic carbocycles. The number of H-pyrrole nitrogens is 1. The Bertz CT molecular complexity index is 929. The molecule has 0 radical (unpaired) electrons. The van der Waals surface area contributed by atoms with Gasteiger partial charge in [-0.25, -0.2) is 9.78 Å². The molecule has 1 aromatic heterocycles. The zero-order chi connectivity index (χ0) is 17.3. The lowest BCUT2D eigenvalue weighted by Crippen LogP contribution is -1.99. The molecule has 0 saturated heterocycles. The predicted molar refractivity (Wildman–Crippen MR) is 87.8 cm³/mol. The molecule has 0 aliphatic rings. The topological polar surface area (TPSA) is 109 Å².